The van der Waals surface area contributed by atoms with Crippen molar-refractivity contribution < 1.29 is 19.1 Å². The molecule has 1 heterocycles. The molecule has 0 aliphatic rings. The Bertz CT molecular complexity index is 1020. The highest BCUT2D eigenvalue weighted by Gasteiger charge is 2.16. The maximum Gasteiger partial charge on any atom is 0.274 e. The molecule has 154 valence electrons. The summed E-state index contributed by atoms with van der Waals surface area (Å²) < 4.78 is 10.4. The summed E-state index contributed by atoms with van der Waals surface area (Å²) in [6.07, 6.45) is 0. The Morgan fingerprint density at radius 1 is 0.767 bits per heavy atom. The first kappa shape index (κ1) is 21.4. The van der Waals surface area contributed by atoms with Crippen LogP contribution in [0.1, 0.15) is 21.0 Å². The number of amides is 2. The number of nitrogens with one attached hydrogen (secondary N) is 2. The van der Waals surface area contributed by atoms with Gasteiger partial charge in [0.05, 0.1) is 25.6 Å². The summed E-state index contributed by atoms with van der Waals surface area (Å²) in [4.78, 5) is 29.4. The van der Waals surface area contributed by atoms with Crippen LogP contribution < -0.4 is 20.1 Å². The first-order chi connectivity index (χ1) is 14.4. The fourth-order valence-electron chi connectivity index (χ4n) is 2.62. The number of anilines is 2. The van der Waals surface area contributed by atoms with Crippen LogP contribution in [0.15, 0.2) is 54.6 Å². The van der Waals surface area contributed by atoms with Gasteiger partial charge in [-0.1, -0.05) is 29.3 Å². The molecule has 0 atom stereocenters. The molecule has 0 spiro atoms. The number of carbonyl (C=O) groups excluding carboxylic acids is 2. The van der Waals surface area contributed by atoms with Gasteiger partial charge in [0, 0.05) is 10.0 Å². The summed E-state index contributed by atoms with van der Waals surface area (Å²) >= 11 is 12.0. The molecule has 0 fully saturated rings. The van der Waals surface area contributed by atoms with Gasteiger partial charge in [-0.05, 0) is 48.5 Å². The second-order valence-electron chi connectivity index (χ2n) is 6.01. The molecule has 9 heteroatoms. The minimum absolute atomic E-state index is 0.0442. The van der Waals surface area contributed by atoms with Gasteiger partial charge in [-0.25, -0.2) is 4.98 Å². The fraction of sp³-hybridized carbons (Fsp3) is 0.0952. The van der Waals surface area contributed by atoms with Crippen LogP contribution in [0.25, 0.3) is 0 Å². The largest absolute Gasteiger partial charge is 0.495 e. The Hall–Kier alpha value is -3.29. The number of methoxy groups -OCH3 is 2. The second kappa shape index (κ2) is 9.47. The summed E-state index contributed by atoms with van der Waals surface area (Å²) in [6.45, 7) is 0. The SMILES string of the molecule is COc1ccc(Cl)cc1NC(=O)c1cccc(C(=O)Nc2cc(Cl)ccc2OC)n1. The molecule has 2 aromatic carbocycles. The van der Waals surface area contributed by atoms with Crippen LogP contribution in [0.4, 0.5) is 11.4 Å². The molecule has 2 amide bonds. The van der Waals surface area contributed by atoms with Gasteiger partial charge < -0.3 is 20.1 Å². The fourth-order valence-corrected chi connectivity index (χ4v) is 2.96. The van der Waals surface area contributed by atoms with Gasteiger partial charge in [0.2, 0.25) is 0 Å². The highest BCUT2D eigenvalue weighted by molar-refractivity contribution is 6.31. The van der Waals surface area contributed by atoms with E-state index in [4.69, 9.17) is 32.7 Å². The average molecular weight is 446 g/mol. The number of hydrogen-bond acceptors (Lipinski definition) is 5. The van der Waals surface area contributed by atoms with Gasteiger partial charge in [0.1, 0.15) is 22.9 Å². The number of benzene rings is 2. The van der Waals surface area contributed by atoms with Crippen molar-refractivity contribution in [1.29, 1.82) is 0 Å². The third-order valence-electron chi connectivity index (χ3n) is 4.03. The van der Waals surface area contributed by atoms with Crippen molar-refractivity contribution in [2.45, 2.75) is 0 Å². The molecule has 0 radical (unpaired) electrons. The van der Waals surface area contributed by atoms with E-state index in [2.05, 4.69) is 15.6 Å². The number of pyridine rings is 1. The van der Waals surface area contributed by atoms with Gasteiger partial charge in [-0.15, -0.1) is 0 Å². The van der Waals surface area contributed by atoms with Crippen LogP contribution >= 0.6 is 23.2 Å². The minimum Gasteiger partial charge on any atom is -0.495 e. The summed E-state index contributed by atoms with van der Waals surface area (Å²) in [5.41, 5.74) is 0.858. The van der Waals surface area contributed by atoms with E-state index < -0.39 is 11.8 Å². The first-order valence-corrected chi connectivity index (χ1v) is 9.43. The number of halogens is 2. The molecular weight excluding hydrogens is 429 g/mol. The van der Waals surface area contributed by atoms with E-state index >= 15 is 0 Å². The van der Waals surface area contributed by atoms with E-state index in [1.165, 1.54) is 26.4 Å². The van der Waals surface area contributed by atoms with E-state index in [0.717, 1.165) is 0 Å². The second-order valence-corrected chi connectivity index (χ2v) is 6.88. The Morgan fingerprint density at radius 3 is 1.60 bits per heavy atom. The number of hydrogen-bond donors (Lipinski definition) is 2. The Morgan fingerprint density at radius 2 is 1.20 bits per heavy atom. The Balaban J connectivity index is 1.81. The Kier molecular flexibility index (Phi) is 6.76. The maximum atomic E-state index is 12.6. The van der Waals surface area contributed by atoms with Crippen LogP contribution in [-0.4, -0.2) is 31.0 Å². The normalized spacial score (nSPS) is 10.3. The monoisotopic (exact) mass is 445 g/mol. The third kappa shape index (κ3) is 5.00. The molecule has 0 bridgehead atoms. The number of ether oxygens (including phenoxy) is 2. The molecule has 0 saturated carbocycles. The van der Waals surface area contributed by atoms with Crippen LogP contribution in [0.3, 0.4) is 0 Å². The summed E-state index contributed by atoms with van der Waals surface area (Å²) in [5.74, 6) is -0.166. The van der Waals surface area contributed by atoms with Crippen LogP contribution in [0.2, 0.25) is 10.0 Å². The molecule has 0 aliphatic carbocycles. The zero-order chi connectivity index (χ0) is 21.7. The molecule has 7 nitrogen and oxygen atoms in total. The van der Waals surface area contributed by atoms with Crippen molar-refractivity contribution in [2.24, 2.45) is 0 Å². The summed E-state index contributed by atoms with van der Waals surface area (Å²) in [7, 11) is 2.96. The van der Waals surface area contributed by atoms with Gasteiger partial charge >= 0.3 is 0 Å². The van der Waals surface area contributed by atoms with Gasteiger partial charge in [0.15, 0.2) is 0 Å². The number of aromatic nitrogens is 1. The highest BCUT2D eigenvalue weighted by Crippen LogP contribution is 2.29. The first-order valence-electron chi connectivity index (χ1n) is 8.68. The van der Waals surface area contributed by atoms with Gasteiger partial charge in [0.25, 0.3) is 11.8 Å². The smallest absolute Gasteiger partial charge is 0.274 e. The van der Waals surface area contributed by atoms with Crippen LogP contribution in [0.5, 0.6) is 11.5 Å². The molecule has 3 aromatic rings. The van der Waals surface area contributed by atoms with Crippen molar-refractivity contribution in [1.82, 2.24) is 4.98 Å². The number of rotatable bonds is 6. The van der Waals surface area contributed by atoms with E-state index in [-0.39, 0.29) is 11.4 Å². The topological polar surface area (TPSA) is 89.5 Å². The van der Waals surface area contributed by atoms with Crippen molar-refractivity contribution in [2.75, 3.05) is 24.9 Å². The van der Waals surface area contributed by atoms with Crippen molar-refractivity contribution in [3.05, 3.63) is 76.0 Å². The molecule has 2 N–H and O–H groups in total. The van der Waals surface area contributed by atoms with E-state index in [0.29, 0.717) is 32.9 Å². The van der Waals surface area contributed by atoms with E-state index in [1.807, 2.05) is 0 Å². The summed E-state index contributed by atoms with van der Waals surface area (Å²) in [6, 6.07) is 14.2. The predicted molar refractivity (Wildman–Crippen MR) is 116 cm³/mol. The quantitative estimate of drug-likeness (QED) is 0.562. The third-order valence-corrected chi connectivity index (χ3v) is 4.50. The van der Waals surface area contributed by atoms with Crippen LogP contribution in [-0.2, 0) is 0 Å². The molecule has 0 unspecified atom stereocenters. The van der Waals surface area contributed by atoms with E-state index in [9.17, 15) is 9.59 Å². The lowest BCUT2D eigenvalue weighted by atomic mass is 10.2. The van der Waals surface area contributed by atoms with Crippen molar-refractivity contribution >= 4 is 46.4 Å². The van der Waals surface area contributed by atoms with Crippen LogP contribution in [0, 0.1) is 0 Å². The van der Waals surface area contributed by atoms with Crippen molar-refractivity contribution in [3.8, 4) is 11.5 Å². The molecule has 30 heavy (non-hydrogen) atoms. The Labute approximate surface area is 182 Å². The predicted octanol–water partition coefficient (Wildman–Crippen LogP) is 4.91. The van der Waals surface area contributed by atoms with Gasteiger partial charge in [-0.2, -0.15) is 0 Å². The average Bonchev–Trinajstić information content (AvgIpc) is 2.74. The molecule has 0 aliphatic heterocycles. The van der Waals surface area contributed by atoms with Gasteiger partial charge in [-0.3, -0.25) is 9.59 Å². The minimum atomic E-state index is -0.523. The zero-order valence-electron chi connectivity index (χ0n) is 16.0. The molecule has 0 saturated heterocycles. The molecule has 3 rings (SSSR count). The number of nitrogens with zero attached hydrogens (tertiary/aromatic N) is 1. The molecule has 1 aromatic heterocycles. The summed E-state index contributed by atoms with van der Waals surface area (Å²) in [5, 5.41) is 6.23. The lowest BCUT2D eigenvalue weighted by Gasteiger charge is -2.12. The zero-order valence-corrected chi connectivity index (χ0v) is 17.5. The van der Waals surface area contributed by atoms with Crippen molar-refractivity contribution in [3.63, 3.8) is 0 Å². The molecular formula is C21H17Cl2N3O4. The van der Waals surface area contributed by atoms with E-state index in [1.54, 1.807) is 42.5 Å². The lowest BCUT2D eigenvalue weighted by molar-refractivity contribution is 0.101. The maximum absolute atomic E-state index is 12.6. The lowest BCUT2D eigenvalue weighted by Crippen LogP contribution is -2.19. The number of carbonyl (C=O) groups is 2. The standard InChI is InChI=1S/C21H17Cl2N3O4/c1-29-18-8-6-12(22)10-16(18)25-20(27)14-4-3-5-15(24-14)21(28)26-17-11-13(23)7-9-19(17)30-2/h3-11H,1-2H3,(H,25,27)(H,26,28). The highest BCUT2D eigenvalue weighted by atomic mass is 35.5.